The number of hydrogen-bond acceptors (Lipinski definition) is 4. The van der Waals surface area contributed by atoms with Crippen LogP contribution in [0.5, 0.6) is 5.88 Å². The van der Waals surface area contributed by atoms with Crippen molar-refractivity contribution >= 4 is 22.5 Å². The molecular formula is C29H23N3O3. The maximum atomic E-state index is 13.4. The minimum Gasteiger partial charge on any atom is -0.493 e. The van der Waals surface area contributed by atoms with Crippen LogP contribution in [0.1, 0.15) is 16.7 Å². The molecule has 0 fully saturated rings. The van der Waals surface area contributed by atoms with Crippen LogP contribution in [0.2, 0.25) is 0 Å². The van der Waals surface area contributed by atoms with Crippen molar-refractivity contribution in [3.63, 3.8) is 0 Å². The summed E-state index contributed by atoms with van der Waals surface area (Å²) in [6.07, 6.45) is 0. The fourth-order valence-electron chi connectivity index (χ4n) is 4.24. The van der Waals surface area contributed by atoms with Crippen LogP contribution in [0.4, 0.5) is 5.69 Å². The Morgan fingerprint density at radius 2 is 1.26 bits per heavy atom. The van der Waals surface area contributed by atoms with Gasteiger partial charge in [0.25, 0.3) is 0 Å². The zero-order valence-electron chi connectivity index (χ0n) is 18.8. The van der Waals surface area contributed by atoms with Gasteiger partial charge in [0.1, 0.15) is 0 Å². The molecule has 1 aromatic heterocycles. The zero-order valence-corrected chi connectivity index (χ0v) is 18.8. The van der Waals surface area contributed by atoms with E-state index in [1.807, 2.05) is 54.6 Å². The lowest BCUT2D eigenvalue weighted by Crippen LogP contribution is -2.35. The van der Waals surface area contributed by atoms with Crippen LogP contribution in [0.25, 0.3) is 10.9 Å². The molecule has 0 saturated carbocycles. The number of amides is 1. The lowest BCUT2D eigenvalue weighted by atomic mass is 9.86. The molecule has 1 amide bonds. The molecule has 5 rings (SSSR count). The van der Waals surface area contributed by atoms with Gasteiger partial charge in [0, 0.05) is 5.39 Å². The van der Waals surface area contributed by atoms with Crippen LogP contribution in [-0.4, -0.2) is 20.7 Å². The van der Waals surface area contributed by atoms with E-state index in [9.17, 15) is 15.0 Å². The molecule has 0 aliphatic carbocycles. The highest BCUT2D eigenvalue weighted by atomic mass is 16.3. The summed E-state index contributed by atoms with van der Waals surface area (Å²) in [4.78, 5) is 13.4. The number of benzene rings is 4. The molecule has 0 atom stereocenters. The van der Waals surface area contributed by atoms with Gasteiger partial charge in [-0.1, -0.05) is 109 Å². The normalized spacial score (nSPS) is 11.8. The third-order valence-corrected chi connectivity index (χ3v) is 6.03. The van der Waals surface area contributed by atoms with E-state index in [1.54, 1.807) is 65.2 Å². The number of aromatic nitrogens is 1. The second-order valence-electron chi connectivity index (χ2n) is 8.21. The van der Waals surface area contributed by atoms with Gasteiger partial charge in [-0.25, -0.2) is 0 Å². The number of rotatable bonds is 6. The third-order valence-electron chi connectivity index (χ3n) is 6.03. The average Bonchev–Trinajstić information content (AvgIpc) is 3.18. The molecule has 172 valence electrons. The Hall–Kier alpha value is -4.55. The molecule has 6 heteroatoms. The van der Waals surface area contributed by atoms with Gasteiger partial charge in [-0.3, -0.25) is 4.79 Å². The van der Waals surface area contributed by atoms with Gasteiger partial charge in [0.2, 0.25) is 5.88 Å². The first-order valence-electron chi connectivity index (χ1n) is 11.2. The fraction of sp³-hybridized carbons (Fsp3) is 0.0690. The van der Waals surface area contributed by atoms with E-state index in [1.165, 1.54) is 0 Å². The summed E-state index contributed by atoms with van der Waals surface area (Å²) < 4.78 is 1.73. The van der Waals surface area contributed by atoms with Gasteiger partial charge in [-0.2, -0.15) is 0 Å². The summed E-state index contributed by atoms with van der Waals surface area (Å²) in [5.41, 5.74) is 0.678. The molecule has 5 aromatic rings. The number of aromatic hydroxyl groups is 1. The van der Waals surface area contributed by atoms with E-state index in [2.05, 4.69) is 10.2 Å². The molecule has 0 radical (unpaired) electrons. The summed E-state index contributed by atoms with van der Waals surface area (Å²) in [5.74, 6) is -0.955. The van der Waals surface area contributed by atoms with E-state index in [0.29, 0.717) is 23.1 Å². The Morgan fingerprint density at radius 3 is 1.86 bits per heavy atom. The zero-order chi connectivity index (χ0) is 24.3. The third kappa shape index (κ3) is 4.11. The molecule has 2 N–H and O–H groups in total. The quantitative estimate of drug-likeness (QED) is 0.307. The summed E-state index contributed by atoms with van der Waals surface area (Å²) in [6, 6.07) is 34.4. The summed E-state index contributed by atoms with van der Waals surface area (Å²) in [5, 5.41) is 31.4. The van der Waals surface area contributed by atoms with E-state index in [0.717, 1.165) is 11.1 Å². The van der Waals surface area contributed by atoms with Gasteiger partial charge in [0.15, 0.2) is 11.3 Å². The molecule has 6 nitrogen and oxygen atoms in total. The Labute approximate surface area is 202 Å². The number of nitrogens with zero attached hydrogens (tertiary/aromatic N) is 3. The molecule has 4 aromatic carbocycles. The molecule has 1 heterocycles. The lowest BCUT2D eigenvalue weighted by molar-refractivity contribution is -0.133. The number of carbonyl (C=O) groups is 1. The van der Waals surface area contributed by atoms with Crippen molar-refractivity contribution in [1.82, 2.24) is 4.57 Å². The summed E-state index contributed by atoms with van der Waals surface area (Å²) in [6.45, 7) is 0.425. The molecule has 0 spiro atoms. The van der Waals surface area contributed by atoms with Gasteiger partial charge in [0.05, 0.1) is 12.1 Å². The minimum absolute atomic E-state index is 0.102. The SMILES string of the molecule is O=C(N=Nc1c(O)n(Cc2ccccc2)c2ccccc12)C(O)(c1ccccc1)c1ccccc1. The van der Waals surface area contributed by atoms with Crippen molar-refractivity contribution in [3.8, 4) is 5.88 Å². The lowest BCUT2D eigenvalue weighted by Gasteiger charge is -2.25. The Balaban J connectivity index is 1.57. The van der Waals surface area contributed by atoms with Crippen LogP contribution >= 0.6 is 0 Å². The van der Waals surface area contributed by atoms with Gasteiger partial charge < -0.3 is 14.8 Å². The van der Waals surface area contributed by atoms with Gasteiger partial charge in [-0.15, -0.1) is 10.2 Å². The van der Waals surface area contributed by atoms with Gasteiger partial charge in [-0.05, 0) is 22.8 Å². The highest BCUT2D eigenvalue weighted by molar-refractivity contribution is 5.96. The Morgan fingerprint density at radius 1 is 0.743 bits per heavy atom. The van der Waals surface area contributed by atoms with E-state index < -0.39 is 11.5 Å². The Bertz CT molecular complexity index is 1450. The number of azo groups is 1. The smallest absolute Gasteiger partial charge is 0.305 e. The molecule has 0 aliphatic heterocycles. The van der Waals surface area contributed by atoms with Crippen molar-refractivity contribution in [3.05, 3.63) is 132 Å². The number of aliphatic hydroxyl groups is 1. The van der Waals surface area contributed by atoms with E-state index in [-0.39, 0.29) is 11.6 Å². The van der Waals surface area contributed by atoms with Crippen LogP contribution in [0.15, 0.2) is 125 Å². The predicted molar refractivity (Wildman–Crippen MR) is 135 cm³/mol. The van der Waals surface area contributed by atoms with Crippen molar-refractivity contribution in [2.24, 2.45) is 10.2 Å². The minimum atomic E-state index is -2.02. The number of carbonyl (C=O) groups excluding carboxylic acids is 1. The summed E-state index contributed by atoms with van der Waals surface area (Å²) in [7, 11) is 0. The van der Waals surface area contributed by atoms with Crippen molar-refractivity contribution in [2.45, 2.75) is 12.1 Å². The first-order chi connectivity index (χ1) is 17.1. The number of para-hydroxylation sites is 1. The van der Waals surface area contributed by atoms with Crippen LogP contribution in [0, 0.1) is 0 Å². The van der Waals surface area contributed by atoms with E-state index >= 15 is 0 Å². The van der Waals surface area contributed by atoms with Gasteiger partial charge >= 0.3 is 5.91 Å². The molecule has 35 heavy (non-hydrogen) atoms. The highest BCUT2D eigenvalue weighted by Crippen LogP contribution is 2.40. The maximum absolute atomic E-state index is 13.4. The summed E-state index contributed by atoms with van der Waals surface area (Å²) >= 11 is 0. The van der Waals surface area contributed by atoms with Crippen molar-refractivity contribution in [2.75, 3.05) is 0 Å². The fourth-order valence-corrected chi connectivity index (χ4v) is 4.24. The molecule has 0 unspecified atom stereocenters. The average molecular weight is 462 g/mol. The van der Waals surface area contributed by atoms with Crippen LogP contribution in [0.3, 0.4) is 0 Å². The van der Waals surface area contributed by atoms with Crippen LogP contribution < -0.4 is 0 Å². The standard InChI is InChI=1S/C29H23N3O3/c33-27-26(24-18-10-11-19-25(24)32(27)20-21-12-4-1-5-13-21)30-31-28(34)29(35,22-14-6-2-7-15-22)23-16-8-3-9-17-23/h1-19,33,35H,20H2. The first kappa shape index (κ1) is 22.3. The van der Waals surface area contributed by atoms with Crippen molar-refractivity contribution in [1.29, 1.82) is 0 Å². The number of hydrogen-bond donors (Lipinski definition) is 2. The number of fused-ring (bicyclic) bond motifs is 1. The first-order valence-corrected chi connectivity index (χ1v) is 11.2. The predicted octanol–water partition coefficient (Wildman–Crippen LogP) is 5.94. The second kappa shape index (κ2) is 9.37. The van der Waals surface area contributed by atoms with E-state index in [4.69, 9.17) is 0 Å². The highest BCUT2D eigenvalue weighted by Gasteiger charge is 2.40. The second-order valence-corrected chi connectivity index (χ2v) is 8.21. The monoisotopic (exact) mass is 461 g/mol. The maximum Gasteiger partial charge on any atom is 0.305 e. The molecule has 0 bridgehead atoms. The van der Waals surface area contributed by atoms with Crippen LogP contribution in [-0.2, 0) is 16.9 Å². The topological polar surface area (TPSA) is 87.2 Å². The molecule has 0 saturated heterocycles. The molecule has 0 aliphatic rings. The largest absolute Gasteiger partial charge is 0.493 e. The Kier molecular flexibility index (Phi) is 5.95. The molecular weight excluding hydrogens is 438 g/mol. The van der Waals surface area contributed by atoms with Crippen molar-refractivity contribution < 1.29 is 15.0 Å².